The zero-order chi connectivity index (χ0) is 28.3. The lowest BCUT2D eigenvalue weighted by atomic mass is 9.52. The molecule has 1 N–H and O–H groups in total. The molecule has 0 aliphatic rings. The normalized spacial score (nSPS) is 11.7. The van der Waals surface area contributed by atoms with Crippen molar-refractivity contribution in [3.63, 3.8) is 0 Å². The van der Waals surface area contributed by atoms with E-state index in [0.717, 1.165) is 30.3 Å². The Balaban J connectivity index is 2.07. The minimum atomic E-state index is -4.98. The van der Waals surface area contributed by atoms with Crippen molar-refractivity contribution in [1.29, 1.82) is 0 Å². The lowest BCUT2D eigenvalue weighted by Gasteiger charge is -2.24. The summed E-state index contributed by atoms with van der Waals surface area (Å²) in [7, 11) is 4.83. The second-order valence-electron chi connectivity index (χ2n) is 8.74. The third-order valence-electron chi connectivity index (χ3n) is 4.45. The van der Waals surface area contributed by atoms with E-state index in [0.29, 0.717) is 5.69 Å². The maximum atomic E-state index is 15.3. The topological polar surface area (TPSA) is 78.9 Å². The number of aryl methyl sites for hydroxylation is 1. The van der Waals surface area contributed by atoms with Crippen molar-refractivity contribution in [2.24, 2.45) is 0 Å². The van der Waals surface area contributed by atoms with Gasteiger partial charge in [0.15, 0.2) is 23.1 Å². The maximum Gasteiger partial charge on any atom is 0.573 e. The van der Waals surface area contributed by atoms with Crippen LogP contribution in [0.15, 0.2) is 48.7 Å². The first-order chi connectivity index (χ1) is 17.6. The fraction of sp³-hybridized carbons (Fsp3) is 0.182. The number of hydrogen-bond donors (Lipinski definition) is 1. The third kappa shape index (κ3) is 8.02. The smallest absolute Gasteiger partial charge is 0.510 e. The monoisotopic (exact) mass is 538 g/mol. The molecule has 0 radical (unpaired) electrons. The summed E-state index contributed by atoms with van der Waals surface area (Å²) in [5.41, 5.74) is -0.0620. The number of hydrogen-bond acceptors (Lipinski definition) is 6. The van der Waals surface area contributed by atoms with E-state index in [4.69, 9.17) is 9.47 Å². The molecule has 0 unspecified atom stereocenters. The van der Waals surface area contributed by atoms with Crippen LogP contribution in [0.2, 0.25) is 0 Å². The number of halogens is 6. The van der Waals surface area contributed by atoms with Crippen molar-refractivity contribution in [3.05, 3.63) is 65.7 Å². The quantitative estimate of drug-likeness (QED) is 0.334. The van der Waals surface area contributed by atoms with E-state index in [-0.39, 0.29) is 17.2 Å². The first-order valence-corrected chi connectivity index (χ1v) is 10.9. The Morgan fingerprint density at radius 2 is 1.61 bits per heavy atom. The first-order valence-electron chi connectivity index (χ1n) is 10.9. The number of nitrogens with zero attached hydrogens (tertiary/aromatic N) is 1. The summed E-state index contributed by atoms with van der Waals surface area (Å²) in [6, 6.07) is 7.57. The molecule has 1 aromatic heterocycles. The Morgan fingerprint density at radius 1 is 0.947 bits per heavy atom. The van der Waals surface area contributed by atoms with Gasteiger partial charge >= 0.3 is 13.0 Å². The summed E-state index contributed by atoms with van der Waals surface area (Å²) in [5.74, 6) is -5.01. The molecule has 0 spiro atoms. The van der Waals surface area contributed by atoms with Gasteiger partial charge in [0.25, 0.3) is 5.91 Å². The fourth-order valence-electron chi connectivity index (χ4n) is 3.14. The molecular weight excluding hydrogens is 519 g/mol. The molecule has 0 saturated carbocycles. The number of alkyl halides is 5. The highest BCUT2D eigenvalue weighted by atomic mass is 19.4. The van der Waals surface area contributed by atoms with E-state index in [1.807, 2.05) is 0 Å². The van der Waals surface area contributed by atoms with Crippen LogP contribution in [0, 0.1) is 12.7 Å². The average molecular weight is 538 g/mol. The molecular formula is C22H19B3F6N2O5. The molecule has 16 heteroatoms. The highest BCUT2D eigenvalue weighted by molar-refractivity contribution is 6.58. The minimum Gasteiger partial charge on any atom is -0.510 e. The molecule has 0 fully saturated rings. The Hall–Kier alpha value is -3.97. The fourth-order valence-corrected chi connectivity index (χ4v) is 3.14. The molecule has 7 nitrogen and oxygen atoms in total. The Morgan fingerprint density at radius 3 is 2.21 bits per heavy atom. The van der Waals surface area contributed by atoms with E-state index in [2.05, 4.69) is 19.8 Å². The maximum absolute atomic E-state index is 15.3. The number of pyridine rings is 1. The van der Waals surface area contributed by atoms with Crippen LogP contribution in [0.1, 0.15) is 16.1 Å². The van der Waals surface area contributed by atoms with Crippen molar-refractivity contribution >= 4 is 35.1 Å². The number of ether oxygens (including phenoxy) is 4. The Labute approximate surface area is 215 Å². The van der Waals surface area contributed by atoms with E-state index >= 15 is 4.39 Å². The van der Waals surface area contributed by atoms with Crippen molar-refractivity contribution in [2.45, 2.75) is 25.2 Å². The lowest BCUT2D eigenvalue weighted by Crippen LogP contribution is -2.37. The van der Waals surface area contributed by atoms with Crippen LogP contribution in [-0.4, -0.2) is 52.7 Å². The van der Waals surface area contributed by atoms with Gasteiger partial charge in [-0.05, 0) is 43.3 Å². The van der Waals surface area contributed by atoms with Crippen molar-refractivity contribution in [2.75, 3.05) is 5.32 Å². The summed E-state index contributed by atoms with van der Waals surface area (Å²) in [6.45, 7) is -1.74. The first kappa shape index (κ1) is 28.6. The van der Waals surface area contributed by atoms with E-state index < -0.39 is 52.8 Å². The number of benzene rings is 2. The number of nitrogens with one attached hydrogen (secondary N) is 1. The highest BCUT2D eigenvalue weighted by Crippen LogP contribution is 2.40. The average Bonchev–Trinajstić information content (AvgIpc) is 2.75. The minimum absolute atomic E-state index is 0.217. The van der Waals surface area contributed by atoms with E-state index in [1.165, 1.54) is 18.3 Å². The van der Waals surface area contributed by atoms with Crippen LogP contribution in [0.3, 0.4) is 0 Å². The van der Waals surface area contributed by atoms with Gasteiger partial charge < -0.3 is 24.3 Å². The number of rotatable bonds is 9. The molecule has 0 bridgehead atoms. The molecule has 0 atom stereocenters. The molecule has 198 valence electrons. The van der Waals surface area contributed by atoms with Gasteiger partial charge in [0.2, 0.25) is 0 Å². The molecule has 1 amide bonds. The standard InChI is InChI=1S/C22H19B3F6N2O5/c1-10-8-11(6-7-32-10)33-19(34)17-14(4-5-15(18(17)26)36-20(27)28)35-13-3-2-12(37-22(29,30)31)9-16(13)38-21(23,24)25/h2-9,20H,23-25H2,1H3,(H,32,33,34). The van der Waals surface area contributed by atoms with Gasteiger partial charge in [0.05, 0.1) is 0 Å². The molecule has 3 aromatic rings. The van der Waals surface area contributed by atoms with Crippen LogP contribution >= 0.6 is 0 Å². The second-order valence-corrected chi connectivity index (χ2v) is 8.74. The second kappa shape index (κ2) is 11.2. The number of carbonyl (C=O) groups excluding carboxylic acids is 1. The molecule has 0 aliphatic heterocycles. The predicted molar refractivity (Wildman–Crippen MR) is 132 cm³/mol. The van der Waals surface area contributed by atoms with Crippen LogP contribution in [0.4, 0.5) is 32.0 Å². The number of carbonyl (C=O) groups is 1. The van der Waals surface area contributed by atoms with Gasteiger partial charge in [-0.15, -0.1) is 13.2 Å². The molecule has 1 heterocycles. The lowest BCUT2D eigenvalue weighted by molar-refractivity contribution is -0.274. The molecule has 3 rings (SSSR count). The molecule has 2 aromatic carbocycles. The summed E-state index contributed by atoms with van der Waals surface area (Å²) in [4.78, 5) is 17.0. The zero-order valence-electron chi connectivity index (χ0n) is 20.5. The van der Waals surface area contributed by atoms with Gasteiger partial charge in [-0.1, -0.05) is 0 Å². The summed E-state index contributed by atoms with van der Waals surface area (Å²) < 4.78 is 98.5. The van der Waals surface area contributed by atoms with Crippen LogP contribution in [0.25, 0.3) is 0 Å². The summed E-state index contributed by atoms with van der Waals surface area (Å²) in [6.07, 6.45) is -3.60. The van der Waals surface area contributed by atoms with Gasteiger partial charge in [0.1, 0.15) is 40.6 Å². The van der Waals surface area contributed by atoms with E-state index in [1.54, 1.807) is 30.5 Å². The Bertz CT molecular complexity index is 1320. The van der Waals surface area contributed by atoms with Gasteiger partial charge in [-0.3, -0.25) is 9.78 Å². The van der Waals surface area contributed by atoms with E-state index in [9.17, 15) is 26.7 Å². The van der Waals surface area contributed by atoms with Crippen LogP contribution in [0.5, 0.6) is 28.7 Å². The van der Waals surface area contributed by atoms with Crippen molar-refractivity contribution < 1.29 is 50.1 Å². The summed E-state index contributed by atoms with van der Waals surface area (Å²) >= 11 is 0. The van der Waals surface area contributed by atoms with Crippen LogP contribution in [-0.2, 0) is 0 Å². The number of aromatic nitrogens is 1. The number of anilines is 1. The van der Waals surface area contributed by atoms with Gasteiger partial charge in [-0.25, -0.2) is 4.39 Å². The predicted octanol–water partition coefficient (Wildman–Crippen LogP) is 2.96. The zero-order valence-corrected chi connectivity index (χ0v) is 20.5. The summed E-state index contributed by atoms with van der Waals surface area (Å²) in [5, 5.41) is 1.49. The SMILES string of the molecule is BC(B)(B)Oc1cc(OC(F)(F)F)ccc1Oc1ccc(OC(F)F)c(F)c1C(=O)Nc1ccnc(C)c1. The van der Waals surface area contributed by atoms with Crippen molar-refractivity contribution in [1.82, 2.24) is 4.98 Å². The molecule has 0 aliphatic carbocycles. The Kier molecular flexibility index (Phi) is 8.43. The third-order valence-corrected chi connectivity index (χ3v) is 4.45. The van der Waals surface area contributed by atoms with Crippen LogP contribution < -0.4 is 24.3 Å². The van der Waals surface area contributed by atoms with Gasteiger partial charge in [-0.2, -0.15) is 8.78 Å². The van der Waals surface area contributed by atoms with Gasteiger partial charge in [0, 0.05) is 28.9 Å². The highest BCUT2D eigenvalue weighted by Gasteiger charge is 2.32. The van der Waals surface area contributed by atoms with Crippen molar-refractivity contribution in [3.8, 4) is 28.7 Å². The molecule has 38 heavy (non-hydrogen) atoms. The molecule has 0 saturated heterocycles. The largest absolute Gasteiger partial charge is 0.573 e. The number of amides is 1.